The minimum atomic E-state index is -3.50. The molecule has 2 aliphatic carbocycles. The summed E-state index contributed by atoms with van der Waals surface area (Å²) in [6, 6.07) is 5.57. The summed E-state index contributed by atoms with van der Waals surface area (Å²) in [6.07, 6.45) is 2.15. The molecule has 1 aromatic carbocycles. The number of rotatable bonds is 5. The van der Waals surface area contributed by atoms with Crippen LogP contribution in [0.1, 0.15) is 64.5 Å². The van der Waals surface area contributed by atoms with Gasteiger partial charge in [0, 0.05) is 18.4 Å². The Labute approximate surface area is 167 Å². The highest BCUT2D eigenvalue weighted by Gasteiger charge is 2.67. The summed E-state index contributed by atoms with van der Waals surface area (Å²) in [5, 5.41) is 13.0. The predicted molar refractivity (Wildman–Crippen MR) is 104 cm³/mol. The average Bonchev–Trinajstić information content (AvgIpc) is 2.89. The number of aliphatic hydroxyl groups is 1. The summed E-state index contributed by atoms with van der Waals surface area (Å²) in [4.78, 5) is 16.9. The van der Waals surface area contributed by atoms with Crippen LogP contribution in [0.5, 0.6) is 0 Å². The Morgan fingerprint density at radius 2 is 2.03 bits per heavy atom. The van der Waals surface area contributed by atoms with E-state index >= 15 is 0 Å². The van der Waals surface area contributed by atoms with Crippen molar-refractivity contribution < 1.29 is 23.1 Å². The normalized spacial score (nSPS) is 26.8. The fourth-order valence-corrected chi connectivity index (χ4v) is 4.20. The van der Waals surface area contributed by atoms with Crippen molar-refractivity contribution in [3.63, 3.8) is 0 Å². The average molecular weight is 409 g/mol. The topological polar surface area (TPSA) is 67.2 Å². The molecule has 0 aliphatic heterocycles. The molecule has 8 heteroatoms. The summed E-state index contributed by atoms with van der Waals surface area (Å²) in [5.41, 5.74) is -1.41. The fourth-order valence-electron chi connectivity index (χ4n) is 4.20. The minimum Gasteiger partial charge on any atom is -0.386 e. The van der Waals surface area contributed by atoms with Crippen LogP contribution in [0, 0.1) is 5.92 Å². The van der Waals surface area contributed by atoms with Crippen LogP contribution in [0.3, 0.4) is 0 Å². The number of alkyl halides is 3. The van der Waals surface area contributed by atoms with Crippen LogP contribution in [0.2, 0.25) is 0 Å². The number of hydrogen-bond donors (Lipinski definition) is 2. The first-order chi connectivity index (χ1) is 13.4. The van der Waals surface area contributed by atoms with Gasteiger partial charge in [-0.3, -0.25) is 10.1 Å². The third-order valence-electron chi connectivity index (χ3n) is 6.36. The fraction of sp³-hybridized carbons (Fsp3) is 0.619. The molecule has 2 atom stereocenters. The van der Waals surface area contributed by atoms with Crippen molar-refractivity contribution in [3.05, 3.63) is 23.8 Å². The zero-order chi connectivity index (χ0) is 21.2. The zero-order valence-corrected chi connectivity index (χ0v) is 16.8. The molecule has 2 N–H and O–H groups in total. The van der Waals surface area contributed by atoms with E-state index in [-0.39, 0.29) is 12.5 Å². The lowest BCUT2D eigenvalue weighted by molar-refractivity contribution is -0.248. The molecule has 158 valence electrons. The SMILES string of the molecule is CC(C)(O)c1ccc2nc(NC(=O)CC3CC(C)(F)C3(F)F)n(C3CCC3)c2c1. The maximum atomic E-state index is 13.9. The van der Waals surface area contributed by atoms with Gasteiger partial charge in [0.1, 0.15) is 0 Å². The van der Waals surface area contributed by atoms with Gasteiger partial charge < -0.3 is 9.67 Å². The second-order valence-corrected chi connectivity index (χ2v) is 9.13. The van der Waals surface area contributed by atoms with Gasteiger partial charge in [-0.05, 0) is 64.2 Å². The minimum absolute atomic E-state index is 0.159. The lowest BCUT2D eigenvalue weighted by Crippen LogP contribution is -2.60. The summed E-state index contributed by atoms with van der Waals surface area (Å²) in [5.74, 6) is -5.09. The maximum Gasteiger partial charge on any atom is 0.284 e. The lowest BCUT2D eigenvalue weighted by Gasteiger charge is -2.47. The number of carbonyl (C=O) groups is 1. The number of nitrogens with one attached hydrogen (secondary N) is 1. The van der Waals surface area contributed by atoms with Gasteiger partial charge in [0.25, 0.3) is 5.92 Å². The molecule has 29 heavy (non-hydrogen) atoms. The number of nitrogens with zero attached hydrogens (tertiary/aromatic N) is 2. The Hall–Kier alpha value is -2.09. The molecule has 2 saturated carbocycles. The first-order valence-corrected chi connectivity index (χ1v) is 10.0. The Morgan fingerprint density at radius 3 is 2.55 bits per heavy atom. The largest absolute Gasteiger partial charge is 0.386 e. The van der Waals surface area contributed by atoms with Crippen LogP contribution >= 0.6 is 0 Å². The van der Waals surface area contributed by atoms with Gasteiger partial charge >= 0.3 is 0 Å². The Bertz CT molecular complexity index is 958. The maximum absolute atomic E-state index is 13.9. The molecular weight excluding hydrogens is 383 g/mol. The predicted octanol–water partition coefficient (Wildman–Crippen LogP) is 4.70. The number of halogens is 3. The van der Waals surface area contributed by atoms with E-state index in [1.54, 1.807) is 26.0 Å². The first-order valence-electron chi connectivity index (χ1n) is 10.0. The number of aromatic nitrogens is 2. The Morgan fingerprint density at radius 1 is 1.34 bits per heavy atom. The van der Waals surface area contributed by atoms with Gasteiger partial charge in [0.05, 0.1) is 16.6 Å². The van der Waals surface area contributed by atoms with Gasteiger partial charge in [0.15, 0.2) is 5.67 Å². The molecule has 5 nitrogen and oxygen atoms in total. The molecule has 1 amide bonds. The summed E-state index contributed by atoms with van der Waals surface area (Å²) >= 11 is 0. The third-order valence-corrected chi connectivity index (χ3v) is 6.36. The van der Waals surface area contributed by atoms with Gasteiger partial charge in [-0.1, -0.05) is 6.07 Å². The second-order valence-electron chi connectivity index (χ2n) is 9.13. The summed E-state index contributed by atoms with van der Waals surface area (Å²) in [7, 11) is 0. The van der Waals surface area contributed by atoms with E-state index in [9.17, 15) is 23.1 Å². The third kappa shape index (κ3) is 3.31. The van der Waals surface area contributed by atoms with E-state index in [2.05, 4.69) is 10.3 Å². The van der Waals surface area contributed by atoms with Crippen LogP contribution in [0.25, 0.3) is 11.0 Å². The van der Waals surface area contributed by atoms with Crippen molar-refractivity contribution in [3.8, 4) is 0 Å². The first kappa shape index (κ1) is 20.2. The Kier molecular flexibility index (Phi) is 4.49. The van der Waals surface area contributed by atoms with Crippen molar-refractivity contribution in [2.24, 2.45) is 5.92 Å². The van der Waals surface area contributed by atoms with Crippen molar-refractivity contribution in [1.29, 1.82) is 0 Å². The summed E-state index contributed by atoms with van der Waals surface area (Å²) < 4.78 is 43.4. The van der Waals surface area contributed by atoms with Gasteiger partial charge in [-0.2, -0.15) is 0 Å². The standard InChI is InChI=1S/C21H26F3N3O2/c1-19(2,29)12-7-8-15-16(9-12)27(14-5-4-6-14)18(25-15)26-17(28)10-13-11-20(3,22)21(13,23)24/h7-9,13-14,29H,4-6,10-11H2,1-3H3,(H,25,26,28). The highest BCUT2D eigenvalue weighted by atomic mass is 19.3. The zero-order valence-electron chi connectivity index (χ0n) is 16.8. The molecule has 0 bridgehead atoms. The van der Waals surface area contributed by atoms with Gasteiger partial charge in [-0.15, -0.1) is 0 Å². The highest BCUT2D eigenvalue weighted by Crippen LogP contribution is 2.55. The van der Waals surface area contributed by atoms with E-state index in [1.807, 2.05) is 10.6 Å². The molecule has 0 saturated heterocycles. The molecule has 2 aromatic rings. The van der Waals surface area contributed by atoms with E-state index in [0.717, 1.165) is 37.3 Å². The molecule has 1 aromatic heterocycles. The molecule has 0 spiro atoms. The number of anilines is 1. The molecular formula is C21H26F3N3O2. The van der Waals surface area contributed by atoms with Crippen LogP contribution in [0.4, 0.5) is 19.1 Å². The van der Waals surface area contributed by atoms with Crippen molar-refractivity contribution in [1.82, 2.24) is 9.55 Å². The van der Waals surface area contributed by atoms with E-state index in [0.29, 0.717) is 11.5 Å². The van der Waals surface area contributed by atoms with Crippen molar-refractivity contribution in [2.45, 2.75) is 76.1 Å². The highest BCUT2D eigenvalue weighted by molar-refractivity contribution is 5.92. The van der Waals surface area contributed by atoms with Crippen molar-refractivity contribution >= 4 is 22.9 Å². The van der Waals surface area contributed by atoms with Gasteiger partial charge in [-0.25, -0.2) is 18.2 Å². The molecule has 0 radical (unpaired) electrons. The summed E-state index contributed by atoms with van der Waals surface area (Å²) in [6.45, 7) is 4.26. The van der Waals surface area contributed by atoms with Gasteiger partial charge in [0.2, 0.25) is 11.9 Å². The number of imidazole rings is 1. The van der Waals surface area contributed by atoms with Crippen LogP contribution in [-0.2, 0) is 10.4 Å². The molecule has 2 aliphatic rings. The number of carbonyl (C=O) groups excluding carboxylic acids is 1. The van der Waals surface area contributed by atoms with E-state index < -0.39 is 35.4 Å². The van der Waals surface area contributed by atoms with E-state index in [4.69, 9.17) is 0 Å². The monoisotopic (exact) mass is 409 g/mol. The molecule has 2 unspecified atom stereocenters. The van der Waals surface area contributed by atoms with E-state index in [1.165, 1.54) is 0 Å². The molecule has 1 heterocycles. The quantitative estimate of drug-likeness (QED) is 0.752. The second kappa shape index (κ2) is 6.45. The lowest BCUT2D eigenvalue weighted by atomic mass is 9.67. The van der Waals surface area contributed by atoms with Crippen LogP contribution < -0.4 is 5.32 Å². The number of fused-ring (bicyclic) bond motifs is 1. The van der Waals surface area contributed by atoms with Crippen LogP contribution in [-0.4, -0.2) is 32.2 Å². The number of hydrogen-bond acceptors (Lipinski definition) is 3. The number of benzene rings is 1. The van der Waals surface area contributed by atoms with Crippen molar-refractivity contribution in [2.75, 3.05) is 5.32 Å². The van der Waals surface area contributed by atoms with Crippen LogP contribution in [0.15, 0.2) is 18.2 Å². The molecule has 4 rings (SSSR count). The molecule has 2 fully saturated rings. The smallest absolute Gasteiger partial charge is 0.284 e. The number of amides is 1. The Balaban J connectivity index is 1.61.